The summed E-state index contributed by atoms with van der Waals surface area (Å²) in [6, 6.07) is 15.1. The van der Waals surface area contributed by atoms with Crippen LogP contribution in [-0.2, 0) is 14.8 Å². The highest BCUT2D eigenvalue weighted by molar-refractivity contribution is 7.89. The molecule has 0 atom stereocenters. The van der Waals surface area contributed by atoms with E-state index in [1.807, 2.05) is 36.4 Å². The SMILES string of the molecule is CC(C)NS(=O)(=O)c1ccc(C(=O)OC/C=C/c2ccccc2)cc1. The molecule has 25 heavy (non-hydrogen) atoms. The Hall–Kier alpha value is -2.44. The highest BCUT2D eigenvalue weighted by atomic mass is 32.2. The Bertz CT molecular complexity index is 825. The lowest BCUT2D eigenvalue weighted by Crippen LogP contribution is -2.30. The van der Waals surface area contributed by atoms with E-state index in [-0.39, 0.29) is 17.5 Å². The molecule has 2 aromatic rings. The summed E-state index contributed by atoms with van der Waals surface area (Å²) < 4.78 is 31.7. The van der Waals surface area contributed by atoms with E-state index < -0.39 is 16.0 Å². The number of sulfonamides is 1. The maximum atomic E-state index is 12.0. The zero-order valence-corrected chi connectivity index (χ0v) is 15.0. The van der Waals surface area contributed by atoms with Crippen LogP contribution in [0, 0.1) is 0 Å². The van der Waals surface area contributed by atoms with E-state index in [2.05, 4.69) is 4.72 Å². The maximum Gasteiger partial charge on any atom is 0.338 e. The van der Waals surface area contributed by atoms with Crippen LogP contribution in [-0.4, -0.2) is 27.0 Å². The Morgan fingerprint density at radius 2 is 1.72 bits per heavy atom. The Labute approximate surface area is 148 Å². The first-order valence-electron chi connectivity index (χ1n) is 7.89. The van der Waals surface area contributed by atoms with Crippen molar-refractivity contribution in [1.82, 2.24) is 4.72 Å². The number of hydrogen-bond donors (Lipinski definition) is 1. The van der Waals surface area contributed by atoms with Crippen LogP contribution in [0.15, 0.2) is 65.6 Å². The minimum atomic E-state index is -3.57. The lowest BCUT2D eigenvalue weighted by molar-refractivity contribution is 0.0550. The molecule has 0 aliphatic heterocycles. The quantitative estimate of drug-likeness (QED) is 0.770. The molecule has 2 aromatic carbocycles. The van der Waals surface area contributed by atoms with Gasteiger partial charge in [0.15, 0.2) is 0 Å². The summed E-state index contributed by atoms with van der Waals surface area (Å²) in [7, 11) is -3.57. The average Bonchev–Trinajstić information content (AvgIpc) is 2.58. The molecule has 0 amide bonds. The lowest BCUT2D eigenvalue weighted by Gasteiger charge is -2.09. The van der Waals surface area contributed by atoms with Crippen LogP contribution in [0.3, 0.4) is 0 Å². The van der Waals surface area contributed by atoms with Gasteiger partial charge in [0.2, 0.25) is 10.0 Å². The van der Waals surface area contributed by atoms with Crippen molar-refractivity contribution in [1.29, 1.82) is 0 Å². The molecule has 0 fully saturated rings. The van der Waals surface area contributed by atoms with E-state index in [1.54, 1.807) is 19.9 Å². The van der Waals surface area contributed by atoms with Crippen LogP contribution < -0.4 is 4.72 Å². The van der Waals surface area contributed by atoms with Gasteiger partial charge >= 0.3 is 5.97 Å². The summed E-state index contributed by atoms with van der Waals surface area (Å²) in [4.78, 5) is 12.1. The van der Waals surface area contributed by atoms with Gasteiger partial charge in [0, 0.05) is 6.04 Å². The van der Waals surface area contributed by atoms with Crippen molar-refractivity contribution in [2.75, 3.05) is 6.61 Å². The van der Waals surface area contributed by atoms with Gasteiger partial charge in [0.05, 0.1) is 10.5 Å². The number of rotatable bonds is 7. The van der Waals surface area contributed by atoms with Crippen molar-refractivity contribution in [3.05, 3.63) is 71.8 Å². The molecule has 0 spiro atoms. The summed E-state index contributed by atoms with van der Waals surface area (Å²) in [5.74, 6) is -0.501. The molecule has 0 aromatic heterocycles. The zero-order valence-electron chi connectivity index (χ0n) is 14.2. The van der Waals surface area contributed by atoms with E-state index in [0.29, 0.717) is 5.56 Å². The molecule has 2 rings (SSSR count). The maximum absolute atomic E-state index is 12.0. The molecule has 0 heterocycles. The standard InChI is InChI=1S/C19H21NO4S/c1-15(2)20-25(22,23)18-12-10-17(11-13-18)19(21)24-14-6-9-16-7-4-3-5-8-16/h3-13,15,20H,14H2,1-2H3/b9-6+. The Balaban J connectivity index is 1.93. The van der Waals surface area contributed by atoms with Gasteiger partial charge in [-0.15, -0.1) is 0 Å². The lowest BCUT2D eigenvalue weighted by atomic mass is 10.2. The number of hydrogen-bond acceptors (Lipinski definition) is 4. The highest BCUT2D eigenvalue weighted by Gasteiger charge is 2.16. The molecule has 132 valence electrons. The van der Waals surface area contributed by atoms with Crippen molar-refractivity contribution in [2.24, 2.45) is 0 Å². The molecule has 0 saturated heterocycles. The van der Waals surface area contributed by atoms with E-state index in [1.165, 1.54) is 24.3 Å². The van der Waals surface area contributed by atoms with Crippen molar-refractivity contribution >= 4 is 22.1 Å². The molecular formula is C19H21NO4S. The molecule has 0 radical (unpaired) electrons. The molecule has 0 aliphatic rings. The number of benzene rings is 2. The van der Waals surface area contributed by atoms with E-state index in [9.17, 15) is 13.2 Å². The zero-order chi connectivity index (χ0) is 18.3. The van der Waals surface area contributed by atoms with E-state index in [4.69, 9.17) is 4.74 Å². The van der Waals surface area contributed by atoms with Crippen LogP contribution in [0.5, 0.6) is 0 Å². The third-order valence-electron chi connectivity index (χ3n) is 3.21. The minimum Gasteiger partial charge on any atom is -0.458 e. The second-order valence-electron chi connectivity index (χ2n) is 5.71. The van der Waals surface area contributed by atoms with Crippen LogP contribution in [0.4, 0.5) is 0 Å². The number of esters is 1. The van der Waals surface area contributed by atoms with E-state index >= 15 is 0 Å². The van der Waals surface area contributed by atoms with Gasteiger partial charge in [0.25, 0.3) is 0 Å². The monoisotopic (exact) mass is 359 g/mol. The molecule has 1 N–H and O–H groups in total. The van der Waals surface area contributed by atoms with Gasteiger partial charge in [-0.1, -0.05) is 36.4 Å². The fourth-order valence-corrected chi connectivity index (χ4v) is 3.36. The summed E-state index contributed by atoms with van der Waals surface area (Å²) in [5.41, 5.74) is 1.32. The largest absolute Gasteiger partial charge is 0.458 e. The van der Waals surface area contributed by atoms with Crippen molar-refractivity contribution in [3.63, 3.8) is 0 Å². The molecule has 0 aliphatic carbocycles. The van der Waals surface area contributed by atoms with Crippen molar-refractivity contribution in [2.45, 2.75) is 24.8 Å². The van der Waals surface area contributed by atoms with Crippen molar-refractivity contribution < 1.29 is 17.9 Å². The Kier molecular flexibility index (Phi) is 6.50. The first kappa shape index (κ1) is 18.9. The Morgan fingerprint density at radius 3 is 2.32 bits per heavy atom. The smallest absolute Gasteiger partial charge is 0.338 e. The molecular weight excluding hydrogens is 338 g/mol. The minimum absolute atomic E-state index is 0.113. The summed E-state index contributed by atoms with van der Waals surface area (Å²) in [6.07, 6.45) is 3.61. The average molecular weight is 359 g/mol. The van der Waals surface area contributed by atoms with E-state index in [0.717, 1.165) is 5.56 Å². The molecule has 0 bridgehead atoms. The first-order chi connectivity index (χ1) is 11.9. The number of nitrogens with one attached hydrogen (secondary N) is 1. The van der Waals surface area contributed by atoms with Gasteiger partial charge in [-0.3, -0.25) is 0 Å². The molecule has 6 heteroatoms. The molecule has 0 unspecified atom stereocenters. The summed E-state index contributed by atoms with van der Waals surface area (Å²) in [6.45, 7) is 3.63. The first-order valence-corrected chi connectivity index (χ1v) is 9.38. The third-order valence-corrected chi connectivity index (χ3v) is 4.89. The van der Waals surface area contributed by atoms with Crippen LogP contribution in [0.25, 0.3) is 6.08 Å². The van der Waals surface area contributed by atoms with Crippen LogP contribution in [0.2, 0.25) is 0 Å². The van der Waals surface area contributed by atoms with Gasteiger partial charge in [-0.05, 0) is 49.8 Å². The van der Waals surface area contributed by atoms with Gasteiger partial charge in [-0.25, -0.2) is 17.9 Å². The van der Waals surface area contributed by atoms with Crippen molar-refractivity contribution in [3.8, 4) is 0 Å². The fourth-order valence-electron chi connectivity index (χ4n) is 2.10. The van der Waals surface area contributed by atoms with Gasteiger partial charge in [-0.2, -0.15) is 0 Å². The molecule has 5 nitrogen and oxygen atoms in total. The summed E-state index contributed by atoms with van der Waals surface area (Å²) in [5, 5.41) is 0. The topological polar surface area (TPSA) is 72.5 Å². The van der Waals surface area contributed by atoms with Gasteiger partial charge < -0.3 is 4.74 Å². The normalized spacial score (nSPS) is 11.8. The number of carbonyl (C=O) groups is 1. The number of carbonyl (C=O) groups excluding carboxylic acids is 1. The summed E-state index contributed by atoms with van der Waals surface area (Å²) >= 11 is 0. The second-order valence-corrected chi connectivity index (χ2v) is 7.43. The van der Waals surface area contributed by atoms with Gasteiger partial charge in [0.1, 0.15) is 6.61 Å². The van der Waals surface area contributed by atoms with Crippen LogP contribution in [0.1, 0.15) is 29.8 Å². The third kappa shape index (κ3) is 5.85. The highest BCUT2D eigenvalue weighted by Crippen LogP contribution is 2.12. The van der Waals surface area contributed by atoms with Crippen LogP contribution >= 0.6 is 0 Å². The number of ether oxygens (including phenoxy) is 1. The predicted octanol–water partition coefficient (Wildman–Crippen LogP) is 3.24. The second kappa shape index (κ2) is 8.60. The predicted molar refractivity (Wildman–Crippen MR) is 97.7 cm³/mol. The Morgan fingerprint density at radius 1 is 1.08 bits per heavy atom. The molecule has 0 saturated carbocycles. The fraction of sp³-hybridized carbons (Fsp3) is 0.211.